The van der Waals surface area contributed by atoms with Crippen LogP contribution in [0.25, 0.3) is 21.9 Å². The predicted octanol–water partition coefficient (Wildman–Crippen LogP) is 13.8. The molecule has 7 aromatic rings. The van der Waals surface area contributed by atoms with E-state index in [2.05, 4.69) is 221 Å². The minimum absolute atomic E-state index is 0. The molecule has 0 spiro atoms. The summed E-state index contributed by atoms with van der Waals surface area (Å²) in [5, 5.41) is 5.47. The second kappa shape index (κ2) is 13.9. The molecule has 0 saturated carbocycles. The number of nitrogens with zero attached hydrogens (tertiary/aromatic N) is 2. The van der Waals surface area contributed by atoms with E-state index in [-0.39, 0.29) is 12.8 Å². The predicted molar refractivity (Wildman–Crippen MR) is 244 cm³/mol. The smallest absolute Gasteiger partial charge is 0.0775 e. The van der Waals surface area contributed by atoms with Crippen molar-refractivity contribution in [3.05, 3.63) is 169 Å². The maximum Gasteiger partial charge on any atom is 0.0775 e. The molecule has 0 bridgehead atoms. The van der Waals surface area contributed by atoms with Crippen LogP contribution in [-0.4, -0.2) is 16.1 Å². The van der Waals surface area contributed by atoms with E-state index in [1.54, 1.807) is 0 Å². The van der Waals surface area contributed by atoms with E-state index in [0.29, 0.717) is 0 Å². The second-order valence-electron chi connectivity index (χ2n) is 17.2. The first-order valence-electron chi connectivity index (χ1n) is 18.9. The third kappa shape index (κ3) is 6.74. The minimum Gasteiger partial charge on any atom is -0.310 e. The van der Waals surface area contributed by atoms with Gasteiger partial charge in [-0.05, 0) is 118 Å². The summed E-state index contributed by atoms with van der Waals surface area (Å²) in [5.41, 5.74) is 12.3. The largest absolute Gasteiger partial charge is 0.310 e. The maximum atomic E-state index is 2.45. The van der Waals surface area contributed by atoms with E-state index in [1.165, 1.54) is 66.1 Å². The first-order valence-corrected chi connectivity index (χ1v) is 25.9. The molecule has 1 aliphatic rings. The summed E-state index contributed by atoms with van der Waals surface area (Å²) >= 11 is 0. The Morgan fingerprint density at radius 1 is 0.370 bits per heavy atom. The second-order valence-corrected chi connectivity index (χ2v) is 27.4. The Morgan fingerprint density at radius 3 is 1.26 bits per heavy atom. The number of anilines is 6. The Morgan fingerprint density at radius 2 is 0.778 bits per heavy atom. The van der Waals surface area contributed by atoms with Gasteiger partial charge in [-0.3, -0.25) is 0 Å². The lowest BCUT2D eigenvalue weighted by Crippen LogP contribution is -2.37. The standard InChI is InChI=1S/C49H50N2Si2.CH4/c1-49(2)47-33-36-31-41(50(37-15-11-9-12-16-37)39-21-26-43(27-22-39)52(3,4)5)20-19-35(36)32-46(47)45-30-25-42(34-48(45)49)51(38-17-13-10-14-18-38)40-23-28-44(29-24-40)53(6,7)8;/h9-34H,1-8H3;1H4. The molecule has 54 heavy (non-hydrogen) atoms. The summed E-state index contributed by atoms with van der Waals surface area (Å²) in [4.78, 5) is 4.80. The molecule has 0 radical (unpaired) electrons. The van der Waals surface area contributed by atoms with Crippen LogP contribution in [0.5, 0.6) is 0 Å². The van der Waals surface area contributed by atoms with E-state index in [0.717, 1.165) is 11.4 Å². The molecule has 7 aromatic carbocycles. The van der Waals surface area contributed by atoms with Crippen LogP contribution in [-0.2, 0) is 5.41 Å². The molecule has 272 valence electrons. The Kier molecular flexibility index (Phi) is 9.58. The van der Waals surface area contributed by atoms with E-state index >= 15 is 0 Å². The van der Waals surface area contributed by atoms with Gasteiger partial charge in [-0.2, -0.15) is 0 Å². The summed E-state index contributed by atoms with van der Waals surface area (Å²) in [6, 6.07) is 59.0. The fourth-order valence-electron chi connectivity index (χ4n) is 8.00. The maximum absolute atomic E-state index is 2.45. The topological polar surface area (TPSA) is 6.48 Å². The van der Waals surface area contributed by atoms with Gasteiger partial charge in [-0.15, -0.1) is 0 Å². The Balaban J connectivity index is 0.00000450. The number of fused-ring (bicyclic) bond motifs is 4. The molecule has 0 aromatic heterocycles. The van der Waals surface area contributed by atoms with Gasteiger partial charge in [-0.1, -0.05) is 144 Å². The van der Waals surface area contributed by atoms with Crippen LogP contribution in [0.4, 0.5) is 34.1 Å². The van der Waals surface area contributed by atoms with Crippen molar-refractivity contribution in [3.63, 3.8) is 0 Å². The average molecular weight is 739 g/mol. The van der Waals surface area contributed by atoms with Crippen molar-refractivity contribution < 1.29 is 0 Å². The molecule has 0 aliphatic heterocycles. The Labute approximate surface area is 325 Å². The quantitative estimate of drug-likeness (QED) is 0.143. The number of hydrogen-bond donors (Lipinski definition) is 0. The van der Waals surface area contributed by atoms with Gasteiger partial charge in [0, 0.05) is 39.5 Å². The molecule has 2 nitrogen and oxygen atoms in total. The van der Waals surface area contributed by atoms with Crippen LogP contribution >= 0.6 is 0 Å². The summed E-state index contributed by atoms with van der Waals surface area (Å²) in [6.45, 7) is 19.2. The average Bonchev–Trinajstić information content (AvgIpc) is 3.36. The van der Waals surface area contributed by atoms with Crippen molar-refractivity contribution >= 4 is 71.4 Å². The normalized spacial score (nSPS) is 13.2. The fraction of sp³-hybridized carbons (Fsp3) is 0.200. The van der Waals surface area contributed by atoms with Crippen LogP contribution < -0.4 is 20.2 Å². The van der Waals surface area contributed by atoms with Crippen LogP contribution in [0.2, 0.25) is 39.3 Å². The van der Waals surface area contributed by atoms with Crippen molar-refractivity contribution in [2.24, 2.45) is 0 Å². The summed E-state index contributed by atoms with van der Waals surface area (Å²) < 4.78 is 0. The van der Waals surface area contributed by atoms with Crippen LogP contribution in [0, 0.1) is 0 Å². The molecule has 0 heterocycles. The molecule has 1 aliphatic carbocycles. The monoisotopic (exact) mass is 738 g/mol. The molecule has 0 saturated heterocycles. The van der Waals surface area contributed by atoms with E-state index < -0.39 is 16.1 Å². The van der Waals surface area contributed by atoms with Gasteiger partial charge in [-0.25, -0.2) is 0 Å². The van der Waals surface area contributed by atoms with Gasteiger partial charge >= 0.3 is 0 Å². The fourth-order valence-corrected chi connectivity index (χ4v) is 10.3. The molecule has 0 unspecified atom stereocenters. The zero-order valence-electron chi connectivity index (χ0n) is 32.4. The van der Waals surface area contributed by atoms with Crippen LogP contribution in [0.15, 0.2) is 158 Å². The highest BCUT2D eigenvalue weighted by atomic mass is 28.3. The van der Waals surface area contributed by atoms with E-state index in [4.69, 9.17) is 0 Å². The highest BCUT2D eigenvalue weighted by Crippen LogP contribution is 2.52. The van der Waals surface area contributed by atoms with Gasteiger partial charge in [0.25, 0.3) is 0 Å². The molecule has 0 N–H and O–H groups in total. The molecule has 8 rings (SSSR count). The Bertz CT molecular complexity index is 2420. The van der Waals surface area contributed by atoms with Gasteiger partial charge in [0.05, 0.1) is 16.1 Å². The van der Waals surface area contributed by atoms with Crippen LogP contribution in [0.3, 0.4) is 0 Å². The highest BCUT2D eigenvalue weighted by molar-refractivity contribution is 6.89. The van der Waals surface area contributed by atoms with Crippen molar-refractivity contribution in [2.45, 2.75) is 66.0 Å². The summed E-state index contributed by atoms with van der Waals surface area (Å²) in [7, 11) is -2.82. The number of para-hydroxylation sites is 2. The minimum atomic E-state index is -1.41. The van der Waals surface area contributed by atoms with Crippen LogP contribution in [0.1, 0.15) is 32.4 Å². The highest BCUT2D eigenvalue weighted by Gasteiger charge is 2.36. The third-order valence-corrected chi connectivity index (χ3v) is 15.3. The molecular weight excluding hydrogens is 685 g/mol. The number of benzene rings is 7. The first kappa shape index (κ1) is 37.2. The molecule has 0 fully saturated rings. The number of rotatable bonds is 8. The molecular formula is C50H54N2Si2. The number of hydrogen-bond acceptors (Lipinski definition) is 2. The van der Waals surface area contributed by atoms with Crippen molar-refractivity contribution in [3.8, 4) is 11.1 Å². The van der Waals surface area contributed by atoms with Gasteiger partial charge in [0.15, 0.2) is 0 Å². The lowest BCUT2D eigenvalue weighted by Gasteiger charge is -2.29. The first-order chi connectivity index (χ1) is 25.3. The lowest BCUT2D eigenvalue weighted by atomic mass is 9.81. The third-order valence-electron chi connectivity index (χ3n) is 11.1. The molecule has 0 amide bonds. The van der Waals surface area contributed by atoms with Gasteiger partial charge in [0.2, 0.25) is 0 Å². The molecule has 0 atom stereocenters. The zero-order chi connectivity index (χ0) is 37.1. The SMILES string of the molecule is C.CC1(C)c2cc(N(c3ccccc3)c3ccc([Si](C)(C)C)cc3)ccc2-c2cc3ccc(N(c4ccccc4)c4ccc([Si](C)(C)C)cc4)cc3cc21. The lowest BCUT2D eigenvalue weighted by molar-refractivity contribution is 0.661. The van der Waals surface area contributed by atoms with E-state index in [9.17, 15) is 0 Å². The molecule has 4 heteroatoms. The van der Waals surface area contributed by atoms with Crippen molar-refractivity contribution in [1.29, 1.82) is 0 Å². The van der Waals surface area contributed by atoms with Gasteiger partial charge in [0.1, 0.15) is 0 Å². The summed E-state index contributed by atoms with van der Waals surface area (Å²) in [5.74, 6) is 0. The Hall–Kier alpha value is -5.17. The van der Waals surface area contributed by atoms with Crippen molar-refractivity contribution in [2.75, 3.05) is 9.80 Å². The van der Waals surface area contributed by atoms with E-state index in [1.807, 2.05) is 0 Å². The zero-order valence-corrected chi connectivity index (χ0v) is 34.4. The summed E-state index contributed by atoms with van der Waals surface area (Å²) in [6.07, 6.45) is 0. The van der Waals surface area contributed by atoms with Crippen molar-refractivity contribution in [1.82, 2.24) is 0 Å². The van der Waals surface area contributed by atoms with Gasteiger partial charge < -0.3 is 9.80 Å².